The summed E-state index contributed by atoms with van der Waals surface area (Å²) in [5, 5.41) is 0. The highest BCUT2D eigenvalue weighted by Gasteiger charge is 1.94. The topological polar surface area (TPSA) is 0 Å². The van der Waals surface area contributed by atoms with Gasteiger partial charge in [0, 0.05) is 0 Å². The second-order valence-corrected chi connectivity index (χ2v) is 3.77. The maximum Gasteiger partial charge on any atom is -0.0100 e. The van der Waals surface area contributed by atoms with Crippen molar-refractivity contribution < 1.29 is 0 Å². The lowest BCUT2D eigenvalue weighted by atomic mass is 10.0. The van der Waals surface area contributed by atoms with Gasteiger partial charge in [-0.15, -0.1) is 6.58 Å². The van der Waals surface area contributed by atoms with Crippen LogP contribution >= 0.6 is 0 Å². The van der Waals surface area contributed by atoms with E-state index in [2.05, 4.69) is 37.8 Å². The summed E-state index contributed by atoms with van der Waals surface area (Å²) in [6.45, 7) is 6.01. The lowest BCUT2D eigenvalue weighted by molar-refractivity contribution is 0.717. The van der Waals surface area contributed by atoms with Crippen molar-refractivity contribution in [1.29, 1.82) is 0 Å². The Labute approximate surface area is 87.7 Å². The van der Waals surface area contributed by atoms with Crippen LogP contribution in [0.3, 0.4) is 0 Å². The van der Waals surface area contributed by atoms with Gasteiger partial charge in [-0.05, 0) is 30.4 Å². The zero-order valence-electron chi connectivity index (χ0n) is 9.13. The van der Waals surface area contributed by atoms with Crippen molar-refractivity contribution in [3.8, 4) is 0 Å². The molecule has 0 heterocycles. The van der Waals surface area contributed by atoms with E-state index in [-0.39, 0.29) is 0 Å². The van der Waals surface area contributed by atoms with Crippen molar-refractivity contribution in [2.75, 3.05) is 0 Å². The Bertz CT molecular complexity index is 273. The van der Waals surface area contributed by atoms with E-state index in [1.54, 1.807) is 0 Å². The SMILES string of the molecule is C=CCc1cccc(CCCCC)c1. The minimum atomic E-state index is 0.988. The first-order valence-corrected chi connectivity index (χ1v) is 5.55. The summed E-state index contributed by atoms with van der Waals surface area (Å²) in [6.07, 6.45) is 8.12. The molecular weight excluding hydrogens is 168 g/mol. The van der Waals surface area contributed by atoms with Gasteiger partial charge >= 0.3 is 0 Å². The van der Waals surface area contributed by atoms with Crippen LogP contribution in [0.15, 0.2) is 36.9 Å². The van der Waals surface area contributed by atoms with Crippen LogP contribution in [0.2, 0.25) is 0 Å². The molecule has 1 rings (SSSR count). The van der Waals surface area contributed by atoms with Gasteiger partial charge in [-0.3, -0.25) is 0 Å². The summed E-state index contributed by atoms with van der Waals surface area (Å²) in [5.41, 5.74) is 2.85. The maximum atomic E-state index is 3.76. The Balaban J connectivity index is 2.50. The third kappa shape index (κ3) is 3.78. The third-order valence-electron chi connectivity index (χ3n) is 2.44. The average Bonchev–Trinajstić information content (AvgIpc) is 2.19. The first-order chi connectivity index (χ1) is 6.86. The molecule has 0 saturated carbocycles. The molecule has 0 spiro atoms. The fourth-order valence-electron chi connectivity index (χ4n) is 1.66. The van der Waals surface area contributed by atoms with Gasteiger partial charge in [0.05, 0.1) is 0 Å². The molecule has 0 aliphatic carbocycles. The molecule has 0 radical (unpaired) electrons. The van der Waals surface area contributed by atoms with Gasteiger partial charge in [0.2, 0.25) is 0 Å². The van der Waals surface area contributed by atoms with Crippen LogP contribution < -0.4 is 0 Å². The first kappa shape index (κ1) is 11.0. The predicted octanol–water partition coefficient (Wildman–Crippen LogP) is 4.15. The molecule has 0 nitrogen and oxygen atoms in total. The van der Waals surface area contributed by atoms with Gasteiger partial charge in [-0.25, -0.2) is 0 Å². The molecule has 0 amide bonds. The highest BCUT2D eigenvalue weighted by atomic mass is 14.0. The quantitative estimate of drug-likeness (QED) is 0.465. The number of aryl methyl sites for hydroxylation is 1. The van der Waals surface area contributed by atoms with Crippen LogP contribution in [0, 0.1) is 0 Å². The standard InChI is InChI=1S/C14H20/c1-3-5-6-9-14-11-7-10-13(12-14)8-4-2/h4,7,10-12H,2-3,5-6,8-9H2,1H3. The van der Waals surface area contributed by atoms with Crippen LogP contribution in [0.25, 0.3) is 0 Å². The number of allylic oxidation sites excluding steroid dienone is 1. The minimum absolute atomic E-state index is 0.988. The molecule has 1 aromatic carbocycles. The van der Waals surface area contributed by atoms with Gasteiger partial charge in [-0.1, -0.05) is 50.1 Å². The Hall–Kier alpha value is -1.04. The van der Waals surface area contributed by atoms with Crippen molar-refractivity contribution in [2.45, 2.75) is 39.0 Å². The van der Waals surface area contributed by atoms with Gasteiger partial charge in [-0.2, -0.15) is 0 Å². The largest absolute Gasteiger partial charge is 0.103 e. The van der Waals surface area contributed by atoms with E-state index in [4.69, 9.17) is 0 Å². The summed E-state index contributed by atoms with van der Waals surface area (Å²) < 4.78 is 0. The van der Waals surface area contributed by atoms with Crippen molar-refractivity contribution in [3.63, 3.8) is 0 Å². The van der Waals surface area contributed by atoms with Crippen LogP contribution in [-0.4, -0.2) is 0 Å². The van der Waals surface area contributed by atoms with Crippen molar-refractivity contribution in [2.24, 2.45) is 0 Å². The summed E-state index contributed by atoms with van der Waals surface area (Å²) in [7, 11) is 0. The van der Waals surface area contributed by atoms with Gasteiger partial charge in [0.1, 0.15) is 0 Å². The van der Waals surface area contributed by atoms with E-state index in [0.29, 0.717) is 0 Å². The number of benzene rings is 1. The second kappa shape index (κ2) is 6.42. The number of hydrogen-bond acceptors (Lipinski definition) is 0. The van der Waals surface area contributed by atoms with Crippen LogP contribution in [0.5, 0.6) is 0 Å². The molecule has 0 N–H and O–H groups in total. The second-order valence-electron chi connectivity index (χ2n) is 3.77. The molecule has 0 heteroatoms. The Morgan fingerprint density at radius 3 is 2.71 bits per heavy atom. The predicted molar refractivity (Wildman–Crippen MR) is 63.6 cm³/mol. The molecule has 76 valence electrons. The molecule has 14 heavy (non-hydrogen) atoms. The highest BCUT2D eigenvalue weighted by Crippen LogP contribution is 2.10. The fourth-order valence-corrected chi connectivity index (χ4v) is 1.66. The highest BCUT2D eigenvalue weighted by molar-refractivity contribution is 5.24. The molecule has 0 bridgehead atoms. The van der Waals surface area contributed by atoms with E-state index < -0.39 is 0 Å². The van der Waals surface area contributed by atoms with Gasteiger partial charge in [0.15, 0.2) is 0 Å². The van der Waals surface area contributed by atoms with Crippen LogP contribution in [-0.2, 0) is 12.8 Å². The monoisotopic (exact) mass is 188 g/mol. The molecule has 0 fully saturated rings. The average molecular weight is 188 g/mol. The molecule has 0 unspecified atom stereocenters. The molecule has 0 aliphatic rings. The molecule has 0 aliphatic heterocycles. The molecule has 1 aromatic rings. The number of hydrogen-bond donors (Lipinski definition) is 0. The zero-order valence-corrected chi connectivity index (χ0v) is 9.13. The van der Waals surface area contributed by atoms with Gasteiger partial charge < -0.3 is 0 Å². The minimum Gasteiger partial charge on any atom is -0.103 e. The normalized spacial score (nSPS) is 10.1. The summed E-state index contributed by atoms with van der Waals surface area (Å²) in [4.78, 5) is 0. The molecule has 0 aromatic heterocycles. The molecule has 0 saturated heterocycles. The van der Waals surface area contributed by atoms with E-state index in [0.717, 1.165) is 6.42 Å². The first-order valence-electron chi connectivity index (χ1n) is 5.55. The summed E-state index contributed by atoms with van der Waals surface area (Å²) in [5.74, 6) is 0. The Morgan fingerprint density at radius 2 is 2.00 bits per heavy atom. The smallest absolute Gasteiger partial charge is 0.0100 e. The zero-order chi connectivity index (χ0) is 10.2. The fraction of sp³-hybridized carbons (Fsp3) is 0.429. The Morgan fingerprint density at radius 1 is 1.21 bits per heavy atom. The van der Waals surface area contributed by atoms with E-state index in [9.17, 15) is 0 Å². The van der Waals surface area contributed by atoms with Crippen molar-refractivity contribution in [3.05, 3.63) is 48.0 Å². The summed E-state index contributed by atoms with van der Waals surface area (Å²) >= 11 is 0. The number of rotatable bonds is 6. The molecule has 0 atom stereocenters. The van der Waals surface area contributed by atoms with Crippen LogP contribution in [0.1, 0.15) is 37.3 Å². The lowest BCUT2D eigenvalue weighted by Crippen LogP contribution is -1.88. The van der Waals surface area contributed by atoms with E-state index in [1.807, 2.05) is 6.08 Å². The maximum absolute atomic E-state index is 3.76. The Kier molecular flexibility index (Phi) is 5.06. The lowest BCUT2D eigenvalue weighted by Gasteiger charge is -2.03. The van der Waals surface area contributed by atoms with Crippen LogP contribution in [0.4, 0.5) is 0 Å². The number of unbranched alkanes of at least 4 members (excludes halogenated alkanes) is 2. The molecular formula is C14H20. The van der Waals surface area contributed by atoms with Gasteiger partial charge in [0.25, 0.3) is 0 Å². The van der Waals surface area contributed by atoms with E-state index in [1.165, 1.54) is 36.8 Å². The van der Waals surface area contributed by atoms with E-state index >= 15 is 0 Å². The van der Waals surface area contributed by atoms with Crippen molar-refractivity contribution >= 4 is 0 Å². The van der Waals surface area contributed by atoms with Crippen molar-refractivity contribution in [1.82, 2.24) is 0 Å². The third-order valence-corrected chi connectivity index (χ3v) is 2.44. The summed E-state index contributed by atoms with van der Waals surface area (Å²) in [6, 6.07) is 8.85.